The second-order valence-electron chi connectivity index (χ2n) is 5.07. The Kier molecular flexibility index (Phi) is 4.32. The van der Waals surface area contributed by atoms with Crippen molar-refractivity contribution in [3.8, 4) is 0 Å². The van der Waals surface area contributed by atoms with E-state index in [0.29, 0.717) is 6.61 Å². The van der Waals surface area contributed by atoms with Crippen LogP contribution in [0.15, 0.2) is 18.2 Å². The van der Waals surface area contributed by atoms with Gasteiger partial charge >= 0.3 is 0 Å². The van der Waals surface area contributed by atoms with E-state index < -0.39 is 0 Å². The average Bonchev–Trinajstić information content (AvgIpc) is 2.34. The Labute approximate surface area is 108 Å². The summed E-state index contributed by atoms with van der Waals surface area (Å²) in [6.45, 7) is 7.11. The third kappa shape index (κ3) is 3.28. The van der Waals surface area contributed by atoms with Crippen molar-refractivity contribution in [3.63, 3.8) is 0 Å². The summed E-state index contributed by atoms with van der Waals surface area (Å²) in [5.41, 5.74) is 8.03. The van der Waals surface area contributed by atoms with Gasteiger partial charge < -0.3 is 10.5 Å². The number of hydrogen-bond donors (Lipinski definition) is 1. The van der Waals surface area contributed by atoms with Gasteiger partial charge in [0, 0.05) is 25.7 Å². The number of morpholine rings is 1. The van der Waals surface area contributed by atoms with Crippen molar-refractivity contribution in [2.24, 2.45) is 5.73 Å². The molecule has 0 bridgehead atoms. The predicted molar refractivity (Wildman–Crippen MR) is 69.8 cm³/mol. The first kappa shape index (κ1) is 13.5. The van der Waals surface area contributed by atoms with E-state index in [1.54, 1.807) is 6.07 Å². The zero-order valence-electron chi connectivity index (χ0n) is 11.0. The van der Waals surface area contributed by atoms with Gasteiger partial charge in [-0.05, 0) is 37.1 Å². The first-order valence-electron chi connectivity index (χ1n) is 6.41. The maximum Gasteiger partial charge on any atom is 0.123 e. The quantitative estimate of drug-likeness (QED) is 0.889. The average molecular weight is 252 g/mol. The van der Waals surface area contributed by atoms with Crippen molar-refractivity contribution < 1.29 is 9.13 Å². The molecule has 2 unspecified atom stereocenters. The van der Waals surface area contributed by atoms with Crippen LogP contribution in [0.3, 0.4) is 0 Å². The Hall–Kier alpha value is -0.970. The molecule has 2 N–H and O–H groups in total. The van der Waals surface area contributed by atoms with Crippen molar-refractivity contribution >= 4 is 0 Å². The van der Waals surface area contributed by atoms with Gasteiger partial charge in [0.1, 0.15) is 5.82 Å². The van der Waals surface area contributed by atoms with E-state index in [-0.39, 0.29) is 18.0 Å². The molecule has 2 atom stereocenters. The molecule has 0 aliphatic carbocycles. The van der Waals surface area contributed by atoms with E-state index in [9.17, 15) is 4.39 Å². The predicted octanol–water partition coefficient (Wildman–Crippen LogP) is 1.68. The zero-order chi connectivity index (χ0) is 13.1. The first-order valence-corrected chi connectivity index (χ1v) is 6.41. The second-order valence-corrected chi connectivity index (χ2v) is 5.07. The van der Waals surface area contributed by atoms with Crippen LogP contribution in [0.1, 0.15) is 18.1 Å². The van der Waals surface area contributed by atoms with Crippen LogP contribution in [0.5, 0.6) is 0 Å². The molecule has 0 saturated carbocycles. The van der Waals surface area contributed by atoms with Crippen LogP contribution < -0.4 is 5.73 Å². The summed E-state index contributed by atoms with van der Waals surface area (Å²) in [6.07, 6.45) is 0.0765. The highest BCUT2D eigenvalue weighted by Gasteiger charge is 2.23. The van der Waals surface area contributed by atoms with Gasteiger partial charge in [0.05, 0.1) is 12.7 Å². The van der Waals surface area contributed by atoms with Crippen LogP contribution in [0.2, 0.25) is 0 Å². The number of aryl methyl sites for hydroxylation is 1. The SMILES string of the molecule is Cc1ccc(F)cc1CN1CCOC(C(C)N)C1. The van der Waals surface area contributed by atoms with Crippen LogP contribution in [-0.4, -0.2) is 36.7 Å². The lowest BCUT2D eigenvalue weighted by Crippen LogP contribution is -2.49. The minimum atomic E-state index is -0.174. The van der Waals surface area contributed by atoms with E-state index in [0.717, 1.165) is 30.8 Å². The van der Waals surface area contributed by atoms with Gasteiger partial charge in [-0.25, -0.2) is 4.39 Å². The Balaban J connectivity index is 2.02. The molecule has 0 amide bonds. The molecule has 1 fully saturated rings. The number of nitrogens with zero attached hydrogens (tertiary/aromatic N) is 1. The van der Waals surface area contributed by atoms with Gasteiger partial charge in [0.25, 0.3) is 0 Å². The lowest BCUT2D eigenvalue weighted by atomic mass is 10.1. The van der Waals surface area contributed by atoms with E-state index in [1.807, 2.05) is 19.9 Å². The highest BCUT2D eigenvalue weighted by molar-refractivity contribution is 5.26. The minimum Gasteiger partial charge on any atom is -0.374 e. The summed E-state index contributed by atoms with van der Waals surface area (Å²) >= 11 is 0. The molecule has 0 aromatic heterocycles. The van der Waals surface area contributed by atoms with Crippen molar-refractivity contribution in [1.29, 1.82) is 0 Å². The van der Waals surface area contributed by atoms with Gasteiger partial charge in [0.2, 0.25) is 0 Å². The summed E-state index contributed by atoms with van der Waals surface area (Å²) in [5, 5.41) is 0. The largest absolute Gasteiger partial charge is 0.374 e. The van der Waals surface area contributed by atoms with Gasteiger partial charge in [0.15, 0.2) is 0 Å². The molecule has 1 aromatic rings. The normalized spacial score (nSPS) is 23.0. The van der Waals surface area contributed by atoms with Crippen molar-refractivity contribution in [2.45, 2.75) is 32.5 Å². The number of rotatable bonds is 3. The molecule has 2 rings (SSSR count). The number of ether oxygens (including phenoxy) is 1. The monoisotopic (exact) mass is 252 g/mol. The molecule has 1 heterocycles. The summed E-state index contributed by atoms with van der Waals surface area (Å²) in [6, 6.07) is 4.98. The van der Waals surface area contributed by atoms with Gasteiger partial charge in [-0.3, -0.25) is 4.90 Å². The molecule has 1 aromatic carbocycles. The fourth-order valence-electron chi connectivity index (χ4n) is 2.24. The molecule has 4 heteroatoms. The highest BCUT2D eigenvalue weighted by Crippen LogP contribution is 2.16. The lowest BCUT2D eigenvalue weighted by Gasteiger charge is -2.35. The molecule has 3 nitrogen and oxygen atoms in total. The first-order chi connectivity index (χ1) is 8.56. The minimum absolute atomic E-state index is 0.0291. The number of nitrogens with two attached hydrogens (primary N) is 1. The Morgan fingerprint density at radius 3 is 3.06 bits per heavy atom. The summed E-state index contributed by atoms with van der Waals surface area (Å²) in [7, 11) is 0. The number of halogens is 1. The van der Waals surface area contributed by atoms with Crippen LogP contribution in [0.4, 0.5) is 4.39 Å². The summed E-state index contributed by atoms with van der Waals surface area (Å²) in [4.78, 5) is 2.28. The van der Waals surface area contributed by atoms with Crippen LogP contribution in [0.25, 0.3) is 0 Å². The lowest BCUT2D eigenvalue weighted by molar-refractivity contribution is -0.0404. The van der Waals surface area contributed by atoms with E-state index in [4.69, 9.17) is 10.5 Å². The molecular weight excluding hydrogens is 231 g/mol. The fourth-order valence-corrected chi connectivity index (χ4v) is 2.24. The van der Waals surface area contributed by atoms with E-state index >= 15 is 0 Å². The van der Waals surface area contributed by atoms with Crippen LogP contribution >= 0.6 is 0 Å². The molecule has 1 aliphatic rings. The highest BCUT2D eigenvalue weighted by atomic mass is 19.1. The topological polar surface area (TPSA) is 38.5 Å². The third-order valence-corrected chi connectivity index (χ3v) is 3.47. The van der Waals surface area contributed by atoms with Crippen molar-refractivity contribution in [2.75, 3.05) is 19.7 Å². The van der Waals surface area contributed by atoms with Crippen molar-refractivity contribution in [1.82, 2.24) is 4.90 Å². The molecule has 1 saturated heterocycles. The number of hydrogen-bond acceptors (Lipinski definition) is 3. The summed E-state index contributed by atoms with van der Waals surface area (Å²) < 4.78 is 18.9. The van der Waals surface area contributed by atoms with E-state index in [2.05, 4.69) is 4.90 Å². The molecule has 0 radical (unpaired) electrons. The fraction of sp³-hybridized carbons (Fsp3) is 0.571. The molecule has 0 spiro atoms. The smallest absolute Gasteiger partial charge is 0.123 e. The molecule has 18 heavy (non-hydrogen) atoms. The second kappa shape index (κ2) is 5.78. The van der Waals surface area contributed by atoms with Gasteiger partial charge in [-0.2, -0.15) is 0 Å². The van der Waals surface area contributed by atoms with Crippen LogP contribution in [0, 0.1) is 12.7 Å². The standard InChI is InChI=1S/C14H21FN2O/c1-10-3-4-13(15)7-12(10)8-17-5-6-18-14(9-17)11(2)16/h3-4,7,11,14H,5-6,8-9,16H2,1-2H3. The van der Waals surface area contributed by atoms with Crippen molar-refractivity contribution in [3.05, 3.63) is 35.1 Å². The third-order valence-electron chi connectivity index (χ3n) is 3.47. The van der Waals surface area contributed by atoms with E-state index in [1.165, 1.54) is 6.07 Å². The molecule has 100 valence electrons. The maximum atomic E-state index is 13.2. The summed E-state index contributed by atoms with van der Waals surface area (Å²) in [5.74, 6) is -0.174. The Morgan fingerprint density at radius 2 is 2.33 bits per heavy atom. The zero-order valence-corrected chi connectivity index (χ0v) is 11.0. The Morgan fingerprint density at radius 1 is 1.56 bits per heavy atom. The van der Waals surface area contributed by atoms with Crippen LogP contribution in [-0.2, 0) is 11.3 Å². The molecule has 1 aliphatic heterocycles. The number of benzene rings is 1. The Bertz CT molecular complexity index is 409. The maximum absolute atomic E-state index is 13.2. The van der Waals surface area contributed by atoms with Gasteiger partial charge in [-0.1, -0.05) is 6.07 Å². The van der Waals surface area contributed by atoms with Gasteiger partial charge in [-0.15, -0.1) is 0 Å². The molecular formula is C14H21FN2O.